The zero-order chi connectivity index (χ0) is 34.6. The first kappa shape index (κ1) is 26.9. The minimum atomic E-state index is 0.171. The van der Waals surface area contributed by atoms with Crippen molar-refractivity contribution in [2.75, 3.05) is 0 Å². The molecule has 54 heavy (non-hydrogen) atoms. The number of nitrogens with zero attached hydrogens (tertiary/aromatic N) is 2. The second-order valence-electron chi connectivity index (χ2n) is 16.0. The SMILES string of the molecule is c1ccc2c(c1)B1c3cc4c(cc3-n3c5cc6ccccc6cc5c5ccc-2c1c53)-n1c2cc3ccccc3cc2c2ccc3c(c21)B4c1ccccc1-3. The van der Waals surface area contributed by atoms with Crippen molar-refractivity contribution in [2.45, 2.75) is 0 Å². The molecule has 0 amide bonds. The van der Waals surface area contributed by atoms with Crippen molar-refractivity contribution in [3.63, 3.8) is 0 Å². The van der Waals surface area contributed by atoms with Gasteiger partial charge in [-0.15, -0.1) is 0 Å². The van der Waals surface area contributed by atoms with Crippen LogP contribution in [-0.4, -0.2) is 22.6 Å². The van der Waals surface area contributed by atoms with Crippen LogP contribution >= 0.6 is 0 Å². The molecule has 0 aliphatic carbocycles. The fourth-order valence-corrected chi connectivity index (χ4v) is 11.6. The molecule has 0 saturated carbocycles. The van der Waals surface area contributed by atoms with Crippen LogP contribution in [0.25, 0.3) is 98.8 Å². The van der Waals surface area contributed by atoms with E-state index in [1.807, 2.05) is 0 Å². The first-order valence-electron chi connectivity index (χ1n) is 19.2. The van der Waals surface area contributed by atoms with E-state index < -0.39 is 0 Å². The average molecular weight is 676 g/mol. The summed E-state index contributed by atoms with van der Waals surface area (Å²) in [6.07, 6.45) is 0. The van der Waals surface area contributed by atoms with Gasteiger partial charge in [0, 0.05) is 44.0 Å². The van der Waals surface area contributed by atoms with Gasteiger partial charge >= 0.3 is 0 Å². The Kier molecular flexibility index (Phi) is 4.42. The van der Waals surface area contributed by atoms with E-state index in [2.05, 4.69) is 167 Å². The van der Waals surface area contributed by atoms with E-state index in [-0.39, 0.29) is 13.4 Å². The van der Waals surface area contributed by atoms with E-state index in [0.29, 0.717) is 0 Å². The average Bonchev–Trinajstić information content (AvgIpc) is 3.94. The van der Waals surface area contributed by atoms with Gasteiger partial charge in [-0.25, -0.2) is 0 Å². The molecule has 242 valence electrons. The van der Waals surface area contributed by atoms with Crippen molar-refractivity contribution in [3.8, 4) is 33.6 Å². The van der Waals surface area contributed by atoms with Crippen LogP contribution < -0.4 is 32.8 Å². The molecule has 4 heteroatoms. The molecule has 2 aromatic heterocycles. The van der Waals surface area contributed by atoms with Crippen molar-refractivity contribution in [1.29, 1.82) is 0 Å². The zero-order valence-electron chi connectivity index (χ0n) is 29.1. The summed E-state index contributed by atoms with van der Waals surface area (Å²) in [4.78, 5) is 0. The quantitative estimate of drug-likeness (QED) is 0.145. The van der Waals surface area contributed by atoms with Gasteiger partial charge < -0.3 is 9.13 Å². The van der Waals surface area contributed by atoms with Crippen molar-refractivity contribution < 1.29 is 0 Å². The Bertz CT molecular complexity index is 3400. The maximum Gasteiger partial charge on any atom is 0.248 e. The normalized spacial score (nSPS) is 13.9. The largest absolute Gasteiger partial charge is 0.310 e. The molecule has 11 aromatic rings. The third-order valence-electron chi connectivity index (χ3n) is 13.7. The number of hydrogen-bond acceptors (Lipinski definition) is 0. The maximum absolute atomic E-state index is 2.64. The maximum atomic E-state index is 2.64. The van der Waals surface area contributed by atoms with Gasteiger partial charge in [0.2, 0.25) is 13.4 Å². The van der Waals surface area contributed by atoms with Crippen LogP contribution in [0.3, 0.4) is 0 Å². The topological polar surface area (TPSA) is 9.86 Å². The summed E-state index contributed by atoms with van der Waals surface area (Å²) in [5, 5.41) is 10.5. The van der Waals surface area contributed by atoms with Crippen LogP contribution in [0.2, 0.25) is 0 Å². The first-order chi connectivity index (χ1) is 26.8. The molecule has 0 N–H and O–H groups in total. The van der Waals surface area contributed by atoms with E-state index in [4.69, 9.17) is 0 Å². The fraction of sp³-hybridized carbons (Fsp3) is 0. The summed E-state index contributed by atoms with van der Waals surface area (Å²) in [5.74, 6) is 0. The molecule has 6 heterocycles. The standard InChI is InChI=1S/C50H26B2N2/c1-3-11-29-23-43-37(21-27(29)9-1)35-19-17-33-31-13-5-7-15-39(31)51-41-25-42-46(26-45(41)53(43)49(35)47(33)51)54-44-24-30-12-4-2-10-28(30)22-38(44)36-20-18-34-32-14-6-8-16-40(32)52(42)48(34)50(36)54/h1-26H. The van der Waals surface area contributed by atoms with E-state index in [9.17, 15) is 0 Å². The van der Waals surface area contributed by atoms with Gasteiger partial charge in [-0.05, 0) is 96.0 Å². The van der Waals surface area contributed by atoms with E-state index in [1.54, 1.807) is 0 Å². The van der Waals surface area contributed by atoms with Crippen LogP contribution in [-0.2, 0) is 0 Å². The first-order valence-corrected chi connectivity index (χ1v) is 19.2. The highest BCUT2D eigenvalue weighted by molar-refractivity contribution is 7.04. The number of benzene rings is 9. The predicted octanol–water partition coefficient (Wildman–Crippen LogP) is 7.81. The van der Waals surface area contributed by atoms with E-state index in [1.165, 1.54) is 132 Å². The van der Waals surface area contributed by atoms with Crippen molar-refractivity contribution in [3.05, 3.63) is 158 Å². The monoisotopic (exact) mass is 676 g/mol. The summed E-state index contributed by atoms with van der Waals surface area (Å²) in [7, 11) is 0. The molecule has 4 aliphatic rings. The predicted molar refractivity (Wildman–Crippen MR) is 230 cm³/mol. The molecule has 4 aliphatic heterocycles. The zero-order valence-corrected chi connectivity index (χ0v) is 29.1. The van der Waals surface area contributed by atoms with Crippen LogP contribution in [0.4, 0.5) is 0 Å². The number of fused-ring (bicyclic) bond motifs is 20. The highest BCUT2D eigenvalue weighted by atomic mass is 15.0. The summed E-state index contributed by atoms with van der Waals surface area (Å²) >= 11 is 0. The van der Waals surface area contributed by atoms with Crippen LogP contribution in [0, 0.1) is 0 Å². The summed E-state index contributed by atoms with van der Waals surface area (Å²) in [6, 6.07) is 60.6. The van der Waals surface area contributed by atoms with Crippen molar-refractivity contribution in [1.82, 2.24) is 9.13 Å². The van der Waals surface area contributed by atoms with Crippen LogP contribution in [0.15, 0.2) is 158 Å². The lowest BCUT2D eigenvalue weighted by Gasteiger charge is -2.31. The summed E-state index contributed by atoms with van der Waals surface area (Å²) < 4.78 is 5.28. The van der Waals surface area contributed by atoms with E-state index in [0.717, 1.165) is 0 Å². The Morgan fingerprint density at radius 1 is 0.315 bits per heavy atom. The van der Waals surface area contributed by atoms with Crippen molar-refractivity contribution >= 4 is 111 Å². The molecule has 0 bridgehead atoms. The van der Waals surface area contributed by atoms with Gasteiger partial charge in [-0.3, -0.25) is 0 Å². The third kappa shape index (κ3) is 2.88. The number of rotatable bonds is 0. The Hall–Kier alpha value is -6.77. The third-order valence-corrected chi connectivity index (χ3v) is 13.7. The van der Waals surface area contributed by atoms with E-state index >= 15 is 0 Å². The molecule has 0 fully saturated rings. The molecular weight excluding hydrogens is 650 g/mol. The molecule has 0 saturated heterocycles. The lowest BCUT2D eigenvalue weighted by molar-refractivity contribution is 1.15. The van der Waals surface area contributed by atoms with Crippen LogP contribution in [0.5, 0.6) is 0 Å². The molecule has 15 rings (SSSR count). The Labute approximate surface area is 310 Å². The highest BCUT2D eigenvalue weighted by Gasteiger charge is 2.45. The lowest BCUT2D eigenvalue weighted by atomic mass is 9.34. The summed E-state index contributed by atoms with van der Waals surface area (Å²) in [5.41, 5.74) is 22.0. The minimum absolute atomic E-state index is 0.171. The van der Waals surface area contributed by atoms with Gasteiger partial charge in [0.1, 0.15) is 0 Å². The van der Waals surface area contributed by atoms with Gasteiger partial charge in [0.25, 0.3) is 0 Å². The van der Waals surface area contributed by atoms with Crippen LogP contribution in [0.1, 0.15) is 0 Å². The molecule has 0 spiro atoms. The molecule has 0 radical (unpaired) electrons. The van der Waals surface area contributed by atoms with Gasteiger partial charge in [0.15, 0.2) is 0 Å². The second kappa shape index (κ2) is 8.87. The number of aromatic nitrogens is 2. The molecule has 0 unspecified atom stereocenters. The fourth-order valence-electron chi connectivity index (χ4n) is 11.6. The summed E-state index contributed by atoms with van der Waals surface area (Å²) in [6.45, 7) is 0.343. The molecule has 0 atom stereocenters. The highest BCUT2D eigenvalue weighted by Crippen LogP contribution is 2.43. The van der Waals surface area contributed by atoms with Gasteiger partial charge in [-0.2, -0.15) is 0 Å². The minimum Gasteiger partial charge on any atom is -0.310 e. The van der Waals surface area contributed by atoms with Crippen molar-refractivity contribution in [2.24, 2.45) is 0 Å². The van der Waals surface area contributed by atoms with Gasteiger partial charge in [-0.1, -0.05) is 138 Å². The molecular formula is C50H26B2N2. The lowest BCUT2D eigenvalue weighted by Crippen LogP contribution is -2.58. The molecule has 2 nitrogen and oxygen atoms in total. The Balaban J connectivity index is 1.16. The second-order valence-corrected chi connectivity index (χ2v) is 16.0. The van der Waals surface area contributed by atoms with Gasteiger partial charge in [0.05, 0.1) is 11.0 Å². The Morgan fingerprint density at radius 3 is 1.22 bits per heavy atom. The Morgan fingerprint density at radius 2 is 0.741 bits per heavy atom. The molecule has 9 aromatic carbocycles. The number of hydrogen-bond donors (Lipinski definition) is 0. The smallest absolute Gasteiger partial charge is 0.248 e.